The lowest BCUT2D eigenvalue weighted by atomic mass is 10.2. The first kappa shape index (κ1) is 19.0. The maximum absolute atomic E-state index is 12.7. The zero-order valence-corrected chi connectivity index (χ0v) is 17.3. The molecular weight excluding hydrogens is 425 g/mol. The fourth-order valence-corrected chi connectivity index (χ4v) is 4.68. The molecule has 2 aliphatic rings. The summed E-state index contributed by atoms with van der Waals surface area (Å²) in [6.45, 7) is 1.25. The molecule has 0 radical (unpaired) electrons. The van der Waals surface area contributed by atoms with Crippen molar-refractivity contribution in [3.05, 3.63) is 51.0 Å². The van der Waals surface area contributed by atoms with Crippen LogP contribution in [0.2, 0.25) is 10.0 Å². The molecule has 4 nitrogen and oxygen atoms in total. The van der Waals surface area contributed by atoms with E-state index in [1.54, 1.807) is 41.3 Å². The van der Waals surface area contributed by atoms with Gasteiger partial charge in [-0.25, -0.2) is 0 Å². The van der Waals surface area contributed by atoms with Gasteiger partial charge in [0.05, 0.1) is 22.6 Å². The van der Waals surface area contributed by atoms with Gasteiger partial charge in [-0.2, -0.15) is 0 Å². The fourth-order valence-electron chi connectivity index (χ4n) is 3.04. The number of carbonyl (C=O) groups excluding carboxylic acids is 1. The highest BCUT2D eigenvalue weighted by Gasteiger charge is 2.34. The summed E-state index contributed by atoms with van der Waals surface area (Å²) in [6, 6.07) is 8.78. The molecule has 1 aromatic carbocycles. The number of halogens is 2. The number of thioether (sulfide) groups is 1. The molecule has 1 atom stereocenters. The minimum Gasteiger partial charge on any atom is -0.457 e. The summed E-state index contributed by atoms with van der Waals surface area (Å²) in [5, 5.41) is 1.12. The zero-order valence-electron chi connectivity index (χ0n) is 14.1. The van der Waals surface area contributed by atoms with Crippen LogP contribution in [0, 0.1) is 0 Å². The second kappa shape index (κ2) is 7.97. The summed E-state index contributed by atoms with van der Waals surface area (Å²) < 4.78 is 12.0. The number of benzene rings is 1. The van der Waals surface area contributed by atoms with Crippen LogP contribution in [0.4, 0.5) is 0 Å². The Morgan fingerprint density at radius 2 is 2.15 bits per heavy atom. The van der Waals surface area contributed by atoms with E-state index in [2.05, 4.69) is 0 Å². The second-order valence-corrected chi connectivity index (χ2v) is 8.77. The molecule has 27 heavy (non-hydrogen) atoms. The maximum Gasteiger partial charge on any atom is 0.266 e. The lowest BCUT2D eigenvalue weighted by Gasteiger charge is -2.18. The van der Waals surface area contributed by atoms with Crippen LogP contribution in [0.15, 0.2) is 39.7 Å². The average Bonchev–Trinajstić information content (AvgIpc) is 3.36. The van der Waals surface area contributed by atoms with Crippen molar-refractivity contribution in [2.24, 2.45) is 0 Å². The number of amides is 1. The normalized spacial score (nSPS) is 21.6. The number of carbonyl (C=O) groups is 1. The Morgan fingerprint density at radius 1 is 1.30 bits per heavy atom. The molecule has 8 heteroatoms. The molecule has 140 valence electrons. The van der Waals surface area contributed by atoms with Crippen molar-refractivity contribution in [1.82, 2.24) is 4.90 Å². The second-order valence-electron chi connectivity index (χ2n) is 6.25. The Hall–Kier alpha value is -1.31. The first-order valence-corrected chi connectivity index (χ1v) is 10.4. The van der Waals surface area contributed by atoms with Crippen LogP contribution < -0.4 is 0 Å². The van der Waals surface area contributed by atoms with Gasteiger partial charge in [0.25, 0.3) is 5.91 Å². The maximum atomic E-state index is 12.7. The van der Waals surface area contributed by atoms with Crippen LogP contribution in [0.3, 0.4) is 0 Å². The van der Waals surface area contributed by atoms with E-state index in [1.807, 2.05) is 0 Å². The summed E-state index contributed by atoms with van der Waals surface area (Å²) in [5.41, 5.74) is 0.703. The number of rotatable bonds is 4. The van der Waals surface area contributed by atoms with E-state index in [1.165, 1.54) is 11.8 Å². The molecule has 1 amide bonds. The van der Waals surface area contributed by atoms with Crippen LogP contribution in [0.5, 0.6) is 0 Å². The molecular formula is C19H15Cl2NO3S2. The highest BCUT2D eigenvalue weighted by molar-refractivity contribution is 8.26. The quantitative estimate of drug-likeness (QED) is 0.455. The lowest BCUT2D eigenvalue weighted by molar-refractivity contribution is -0.123. The van der Waals surface area contributed by atoms with E-state index < -0.39 is 0 Å². The minimum atomic E-state index is -0.112. The molecule has 0 spiro atoms. The summed E-state index contributed by atoms with van der Waals surface area (Å²) in [5.74, 6) is 1.03. The highest BCUT2D eigenvalue weighted by atomic mass is 35.5. The molecule has 1 aromatic heterocycles. The smallest absolute Gasteiger partial charge is 0.266 e. The first-order valence-electron chi connectivity index (χ1n) is 8.43. The first-order chi connectivity index (χ1) is 13.0. The van der Waals surface area contributed by atoms with Crippen molar-refractivity contribution in [3.63, 3.8) is 0 Å². The van der Waals surface area contributed by atoms with Gasteiger partial charge in [-0.15, -0.1) is 0 Å². The minimum absolute atomic E-state index is 0.0621. The molecule has 2 fully saturated rings. The van der Waals surface area contributed by atoms with Crippen molar-refractivity contribution in [1.29, 1.82) is 0 Å². The van der Waals surface area contributed by atoms with Crippen molar-refractivity contribution >= 4 is 63.5 Å². The summed E-state index contributed by atoms with van der Waals surface area (Å²) >= 11 is 18.9. The van der Waals surface area contributed by atoms with E-state index in [4.69, 9.17) is 44.6 Å². The Morgan fingerprint density at radius 3 is 2.93 bits per heavy atom. The van der Waals surface area contributed by atoms with Crippen molar-refractivity contribution < 1.29 is 13.9 Å². The topological polar surface area (TPSA) is 42.7 Å². The van der Waals surface area contributed by atoms with Gasteiger partial charge in [0.15, 0.2) is 0 Å². The number of nitrogens with zero attached hydrogens (tertiary/aromatic N) is 1. The molecule has 0 saturated carbocycles. The van der Waals surface area contributed by atoms with Crippen LogP contribution in [0.1, 0.15) is 18.6 Å². The molecule has 2 saturated heterocycles. The average molecular weight is 440 g/mol. The summed E-state index contributed by atoms with van der Waals surface area (Å²) in [7, 11) is 0. The van der Waals surface area contributed by atoms with Crippen molar-refractivity contribution in [2.45, 2.75) is 18.9 Å². The standard InChI is InChI=1S/C19H15Cl2NO3S2/c20-11-3-5-15(21)14(8-11)16-6-4-12(25-16)9-17-18(23)22(19(26)27-17)10-13-2-1-7-24-13/h3-6,8-9,13H,1-2,7,10H2/b17-9+/t13-/m0/s1. The molecule has 0 aliphatic carbocycles. The molecule has 3 heterocycles. The third-order valence-electron chi connectivity index (χ3n) is 4.38. The van der Waals surface area contributed by atoms with Gasteiger partial charge in [-0.05, 0) is 43.2 Å². The molecule has 0 N–H and O–H groups in total. The fraction of sp³-hybridized carbons (Fsp3) is 0.263. The van der Waals surface area contributed by atoms with Gasteiger partial charge in [-0.3, -0.25) is 9.69 Å². The van der Waals surface area contributed by atoms with Crippen molar-refractivity contribution in [3.8, 4) is 11.3 Å². The lowest BCUT2D eigenvalue weighted by Crippen LogP contribution is -2.35. The van der Waals surface area contributed by atoms with E-state index in [-0.39, 0.29) is 12.0 Å². The highest BCUT2D eigenvalue weighted by Crippen LogP contribution is 2.36. The number of hydrogen-bond donors (Lipinski definition) is 0. The molecule has 2 aliphatic heterocycles. The SMILES string of the molecule is O=C1/C(=C\c2ccc(-c3cc(Cl)ccc3Cl)o2)SC(=S)N1C[C@@H]1CCCO1. The Bertz CT molecular complexity index is 935. The number of hydrogen-bond acceptors (Lipinski definition) is 5. The number of thiocarbonyl (C=S) groups is 1. The molecule has 0 unspecified atom stereocenters. The largest absolute Gasteiger partial charge is 0.457 e. The van der Waals surface area contributed by atoms with Crippen LogP contribution in [-0.4, -0.2) is 34.4 Å². The number of ether oxygens (including phenoxy) is 1. The predicted octanol–water partition coefficient (Wildman–Crippen LogP) is 5.63. The summed E-state index contributed by atoms with van der Waals surface area (Å²) in [6.07, 6.45) is 3.75. The van der Waals surface area contributed by atoms with Gasteiger partial charge < -0.3 is 9.15 Å². The van der Waals surface area contributed by atoms with Crippen LogP contribution >= 0.6 is 47.2 Å². The number of furan rings is 1. The van der Waals surface area contributed by atoms with Crippen LogP contribution in [0.25, 0.3) is 17.4 Å². The Labute approximate surface area is 176 Å². The van der Waals surface area contributed by atoms with Gasteiger partial charge in [-0.1, -0.05) is 47.2 Å². The third kappa shape index (κ3) is 4.10. The predicted molar refractivity (Wildman–Crippen MR) is 113 cm³/mol. The van der Waals surface area contributed by atoms with Gasteiger partial charge in [0.2, 0.25) is 0 Å². The molecule has 2 aromatic rings. The van der Waals surface area contributed by atoms with Gasteiger partial charge in [0, 0.05) is 23.3 Å². The molecule has 0 bridgehead atoms. The van der Waals surface area contributed by atoms with E-state index in [0.29, 0.717) is 42.9 Å². The van der Waals surface area contributed by atoms with E-state index >= 15 is 0 Å². The molecule has 4 rings (SSSR count). The Balaban J connectivity index is 1.54. The van der Waals surface area contributed by atoms with Gasteiger partial charge in [0.1, 0.15) is 15.8 Å². The Kier molecular flexibility index (Phi) is 5.62. The monoisotopic (exact) mass is 439 g/mol. The van der Waals surface area contributed by atoms with E-state index in [0.717, 1.165) is 19.4 Å². The van der Waals surface area contributed by atoms with E-state index in [9.17, 15) is 4.79 Å². The zero-order chi connectivity index (χ0) is 19.0. The third-order valence-corrected chi connectivity index (χ3v) is 6.32. The van der Waals surface area contributed by atoms with Crippen LogP contribution in [-0.2, 0) is 9.53 Å². The van der Waals surface area contributed by atoms with Crippen molar-refractivity contribution in [2.75, 3.05) is 13.2 Å². The van der Waals surface area contributed by atoms with Gasteiger partial charge >= 0.3 is 0 Å². The summed E-state index contributed by atoms with van der Waals surface area (Å²) in [4.78, 5) is 14.8.